The summed E-state index contributed by atoms with van der Waals surface area (Å²) >= 11 is 5.96. The van der Waals surface area contributed by atoms with Crippen molar-refractivity contribution in [2.75, 3.05) is 7.11 Å². The van der Waals surface area contributed by atoms with Crippen LogP contribution in [0.3, 0.4) is 0 Å². The second kappa shape index (κ2) is 7.65. The molecule has 0 saturated carbocycles. The molecule has 0 radical (unpaired) electrons. The first-order chi connectivity index (χ1) is 11.0. The molecule has 0 amide bonds. The van der Waals surface area contributed by atoms with Gasteiger partial charge in [0.15, 0.2) is 0 Å². The van der Waals surface area contributed by atoms with Crippen LogP contribution in [0.25, 0.3) is 6.08 Å². The summed E-state index contributed by atoms with van der Waals surface area (Å²) in [6.45, 7) is -0.0907. The lowest BCUT2D eigenvalue weighted by atomic mass is 10.1. The largest absolute Gasteiger partial charge is 0.497 e. The molecule has 4 nitrogen and oxygen atoms in total. The van der Waals surface area contributed by atoms with Gasteiger partial charge < -0.3 is 14.6 Å². The van der Waals surface area contributed by atoms with E-state index >= 15 is 0 Å². The Bertz CT molecular complexity index is 723. The van der Waals surface area contributed by atoms with Gasteiger partial charge in [0.05, 0.1) is 12.1 Å². The first-order valence-electron chi connectivity index (χ1n) is 6.66. The van der Waals surface area contributed by atoms with Gasteiger partial charge in [-0.2, -0.15) is 0 Å². The number of methoxy groups -OCH3 is 1. The van der Waals surface area contributed by atoms with Crippen molar-refractivity contribution in [2.45, 2.75) is 6.61 Å². The van der Waals surface area contributed by atoms with Crippen LogP contribution < -0.4 is 9.47 Å². The molecule has 0 aliphatic heterocycles. The number of ether oxygens (including phenoxy) is 2. The first kappa shape index (κ1) is 16.8. The number of carboxylic acid groups (broad SMARTS) is 1. The van der Waals surface area contributed by atoms with Crippen molar-refractivity contribution >= 4 is 23.6 Å². The predicted molar refractivity (Wildman–Crippen MR) is 85.4 cm³/mol. The number of aliphatic carboxylic acids is 1. The molecule has 0 atom stereocenters. The topological polar surface area (TPSA) is 55.8 Å². The summed E-state index contributed by atoms with van der Waals surface area (Å²) in [4.78, 5) is 10.7. The zero-order chi connectivity index (χ0) is 16.8. The van der Waals surface area contributed by atoms with Crippen LogP contribution in [-0.4, -0.2) is 18.2 Å². The minimum absolute atomic E-state index is 0.0907. The Labute approximate surface area is 137 Å². The van der Waals surface area contributed by atoms with Crippen molar-refractivity contribution in [1.29, 1.82) is 0 Å². The zero-order valence-corrected chi connectivity index (χ0v) is 13.0. The molecule has 0 aromatic heterocycles. The number of carbonyl (C=O) groups is 1. The summed E-state index contributed by atoms with van der Waals surface area (Å²) in [5.74, 6) is -0.653. The fourth-order valence-electron chi connectivity index (χ4n) is 1.89. The van der Waals surface area contributed by atoms with Gasteiger partial charge in [0.2, 0.25) is 0 Å². The van der Waals surface area contributed by atoms with Crippen LogP contribution >= 0.6 is 11.6 Å². The number of rotatable bonds is 6. The molecule has 0 aliphatic carbocycles. The van der Waals surface area contributed by atoms with E-state index in [1.165, 1.54) is 25.3 Å². The first-order valence-corrected chi connectivity index (χ1v) is 7.04. The van der Waals surface area contributed by atoms with E-state index in [1.807, 2.05) is 0 Å². The van der Waals surface area contributed by atoms with Gasteiger partial charge in [-0.1, -0.05) is 17.7 Å². The van der Waals surface area contributed by atoms with Crippen molar-refractivity contribution in [2.24, 2.45) is 0 Å². The number of benzene rings is 2. The molecule has 0 heterocycles. The van der Waals surface area contributed by atoms with Crippen molar-refractivity contribution in [1.82, 2.24) is 0 Å². The highest BCUT2D eigenvalue weighted by Crippen LogP contribution is 2.28. The average Bonchev–Trinajstić information content (AvgIpc) is 2.52. The average molecular weight is 337 g/mol. The highest BCUT2D eigenvalue weighted by atomic mass is 35.5. The summed E-state index contributed by atoms with van der Waals surface area (Å²) in [6.07, 6.45) is 2.38. The van der Waals surface area contributed by atoms with Crippen molar-refractivity contribution in [3.05, 3.63) is 64.4 Å². The van der Waals surface area contributed by atoms with Gasteiger partial charge in [0, 0.05) is 23.3 Å². The zero-order valence-electron chi connectivity index (χ0n) is 12.3. The van der Waals surface area contributed by atoms with Crippen LogP contribution in [-0.2, 0) is 11.4 Å². The molecule has 2 aromatic carbocycles. The molecule has 120 valence electrons. The lowest BCUT2D eigenvalue weighted by Gasteiger charge is -2.12. The molecule has 0 fully saturated rings. The summed E-state index contributed by atoms with van der Waals surface area (Å²) < 4.78 is 24.5. The molecule has 2 rings (SSSR count). The van der Waals surface area contributed by atoms with Gasteiger partial charge in [0.1, 0.15) is 23.9 Å². The Kier molecular flexibility index (Phi) is 5.60. The molecule has 0 unspecified atom stereocenters. The van der Waals surface area contributed by atoms with Crippen LogP contribution in [0.2, 0.25) is 5.02 Å². The van der Waals surface area contributed by atoms with Crippen molar-refractivity contribution in [3.63, 3.8) is 0 Å². The van der Waals surface area contributed by atoms with Crippen LogP contribution in [0, 0.1) is 5.82 Å². The number of hydrogen-bond acceptors (Lipinski definition) is 3. The molecule has 1 N–H and O–H groups in total. The minimum Gasteiger partial charge on any atom is -0.497 e. The molecular formula is C17H14ClFO4. The Morgan fingerprint density at radius 3 is 2.78 bits per heavy atom. The molecule has 0 spiro atoms. The number of hydrogen-bond donors (Lipinski definition) is 1. The van der Waals surface area contributed by atoms with Gasteiger partial charge in [0.25, 0.3) is 0 Å². The molecule has 6 heteroatoms. The van der Waals surface area contributed by atoms with Crippen LogP contribution in [0.1, 0.15) is 11.1 Å². The highest BCUT2D eigenvalue weighted by Gasteiger charge is 2.10. The fourth-order valence-corrected chi connectivity index (χ4v) is 2.10. The van der Waals surface area contributed by atoms with E-state index in [2.05, 4.69) is 0 Å². The summed E-state index contributed by atoms with van der Waals surface area (Å²) in [7, 11) is 1.50. The lowest BCUT2D eigenvalue weighted by molar-refractivity contribution is -0.131. The third-order valence-electron chi connectivity index (χ3n) is 3.06. The van der Waals surface area contributed by atoms with Gasteiger partial charge >= 0.3 is 5.97 Å². The quantitative estimate of drug-likeness (QED) is 0.805. The van der Waals surface area contributed by atoms with E-state index in [-0.39, 0.29) is 17.2 Å². The van der Waals surface area contributed by atoms with E-state index in [4.69, 9.17) is 26.2 Å². The van der Waals surface area contributed by atoms with Crippen LogP contribution in [0.5, 0.6) is 11.5 Å². The van der Waals surface area contributed by atoms with Gasteiger partial charge in [-0.05, 0) is 30.3 Å². The van der Waals surface area contributed by atoms with Gasteiger partial charge in [-0.3, -0.25) is 0 Å². The maximum atomic E-state index is 13.8. The summed E-state index contributed by atoms with van der Waals surface area (Å²) in [5, 5.41) is 8.99. The fraction of sp³-hybridized carbons (Fsp3) is 0.118. The van der Waals surface area contributed by atoms with E-state index in [0.29, 0.717) is 17.1 Å². The monoisotopic (exact) mass is 336 g/mol. The Balaban J connectivity index is 2.28. The maximum absolute atomic E-state index is 13.8. The van der Waals surface area contributed by atoms with E-state index < -0.39 is 11.8 Å². The second-order valence-electron chi connectivity index (χ2n) is 4.56. The Morgan fingerprint density at radius 1 is 1.35 bits per heavy atom. The summed E-state index contributed by atoms with van der Waals surface area (Å²) in [6, 6.07) is 9.28. The van der Waals surface area contributed by atoms with Crippen LogP contribution in [0.15, 0.2) is 42.5 Å². The smallest absolute Gasteiger partial charge is 0.328 e. The molecular weight excluding hydrogens is 323 g/mol. The van der Waals surface area contributed by atoms with Crippen molar-refractivity contribution in [3.8, 4) is 11.5 Å². The normalized spacial score (nSPS) is 10.7. The number of carboxylic acids is 1. The molecule has 2 aromatic rings. The van der Waals surface area contributed by atoms with E-state index in [9.17, 15) is 9.18 Å². The lowest BCUT2D eigenvalue weighted by Crippen LogP contribution is -2.01. The standard InChI is InChI=1S/C17H14ClFO4/c1-22-12-7-5-11(6-8-17(20)21)16(9-12)23-10-13-14(18)3-2-4-15(13)19/h2-9H,10H2,1H3,(H,20,21). The molecule has 0 bridgehead atoms. The molecule has 23 heavy (non-hydrogen) atoms. The van der Waals surface area contributed by atoms with Crippen molar-refractivity contribution < 1.29 is 23.8 Å². The highest BCUT2D eigenvalue weighted by molar-refractivity contribution is 6.31. The van der Waals surface area contributed by atoms with E-state index in [0.717, 1.165) is 6.08 Å². The Hall–Kier alpha value is -2.53. The third-order valence-corrected chi connectivity index (χ3v) is 3.41. The predicted octanol–water partition coefficient (Wildman–Crippen LogP) is 4.16. The number of halogens is 2. The summed E-state index contributed by atoms with van der Waals surface area (Å²) in [5.41, 5.74) is 0.755. The van der Waals surface area contributed by atoms with Crippen LogP contribution in [0.4, 0.5) is 4.39 Å². The Morgan fingerprint density at radius 2 is 2.13 bits per heavy atom. The minimum atomic E-state index is -1.08. The van der Waals surface area contributed by atoms with E-state index in [1.54, 1.807) is 24.3 Å². The third kappa shape index (κ3) is 4.47. The van der Waals surface area contributed by atoms with Gasteiger partial charge in [-0.25, -0.2) is 9.18 Å². The maximum Gasteiger partial charge on any atom is 0.328 e. The molecule has 0 saturated heterocycles. The van der Waals surface area contributed by atoms with Gasteiger partial charge in [-0.15, -0.1) is 0 Å². The second-order valence-corrected chi connectivity index (χ2v) is 4.97. The molecule has 0 aliphatic rings. The SMILES string of the molecule is COc1ccc(C=CC(=O)O)c(OCc2c(F)cccc2Cl)c1.